The number of hydrogen-bond donors (Lipinski definition) is 0. The molecule has 0 aliphatic carbocycles. The molecule has 7 heteroatoms. The van der Waals surface area contributed by atoms with Crippen LogP contribution in [0.1, 0.15) is 64.8 Å². The van der Waals surface area contributed by atoms with E-state index in [1.54, 1.807) is 7.11 Å². The highest BCUT2D eigenvalue weighted by Crippen LogP contribution is 2.37. The highest BCUT2D eigenvalue weighted by molar-refractivity contribution is 5.72. The van der Waals surface area contributed by atoms with Crippen LogP contribution in [0.25, 0.3) is 5.70 Å². The summed E-state index contributed by atoms with van der Waals surface area (Å²) in [7, 11) is 6.05. The zero-order valence-corrected chi connectivity index (χ0v) is 22.0. The monoisotopic (exact) mass is 460 g/mol. The number of methoxy groups -OCH3 is 1. The van der Waals surface area contributed by atoms with E-state index in [1.165, 1.54) is 11.3 Å². The van der Waals surface area contributed by atoms with Crippen LogP contribution in [0, 0.1) is 5.41 Å². The van der Waals surface area contributed by atoms with Gasteiger partial charge in [-0.3, -0.25) is 9.78 Å². The summed E-state index contributed by atoms with van der Waals surface area (Å²) < 4.78 is 10.9. The first kappa shape index (κ1) is 27.1. The molecule has 0 aromatic carbocycles. The topological polar surface area (TPSA) is 58.1 Å². The number of likely N-dealkylation sites (N-methyl/N-ethyl adjacent to an activating group) is 1. The minimum atomic E-state index is -0.165. The molecule has 1 atom stereocenters. The second-order valence-electron chi connectivity index (χ2n) is 9.86. The molecule has 33 heavy (non-hydrogen) atoms. The van der Waals surface area contributed by atoms with E-state index in [9.17, 15) is 4.79 Å². The lowest BCUT2D eigenvalue weighted by atomic mass is 9.83. The van der Waals surface area contributed by atoms with Crippen LogP contribution >= 0.6 is 0 Å². The van der Waals surface area contributed by atoms with Crippen LogP contribution in [-0.2, 0) is 14.3 Å². The van der Waals surface area contributed by atoms with Crippen molar-refractivity contribution in [2.45, 2.75) is 53.6 Å². The highest BCUT2D eigenvalue weighted by atomic mass is 16.5. The van der Waals surface area contributed by atoms with E-state index in [0.717, 1.165) is 62.5 Å². The second kappa shape index (κ2) is 12.4. The Morgan fingerprint density at radius 3 is 2.48 bits per heavy atom. The van der Waals surface area contributed by atoms with Gasteiger partial charge in [0.1, 0.15) is 0 Å². The van der Waals surface area contributed by atoms with E-state index in [0.29, 0.717) is 13.1 Å². The minimum Gasteiger partial charge on any atom is -0.467 e. The van der Waals surface area contributed by atoms with Crippen molar-refractivity contribution < 1.29 is 14.3 Å². The summed E-state index contributed by atoms with van der Waals surface area (Å²) in [5, 5.41) is 0. The lowest BCUT2D eigenvalue weighted by molar-refractivity contribution is -0.131. The van der Waals surface area contributed by atoms with Crippen LogP contribution in [0.3, 0.4) is 0 Å². The Morgan fingerprint density at radius 2 is 1.94 bits per heavy atom. The van der Waals surface area contributed by atoms with E-state index in [-0.39, 0.29) is 11.5 Å². The number of nitrogens with zero attached hydrogens (tertiary/aromatic N) is 4. The van der Waals surface area contributed by atoms with Gasteiger partial charge in [0.2, 0.25) is 0 Å². The van der Waals surface area contributed by atoms with Crippen LogP contribution in [0.15, 0.2) is 17.8 Å². The Kier molecular flexibility index (Phi) is 10.2. The van der Waals surface area contributed by atoms with Gasteiger partial charge in [0, 0.05) is 63.6 Å². The van der Waals surface area contributed by atoms with E-state index >= 15 is 0 Å². The molecule has 0 saturated carbocycles. The number of carbonyl (C=O) groups excluding carboxylic acids is 1. The van der Waals surface area contributed by atoms with Gasteiger partial charge in [-0.05, 0) is 45.4 Å². The van der Waals surface area contributed by atoms with Crippen LogP contribution in [0.2, 0.25) is 0 Å². The fraction of sp³-hybridized carbons (Fsp3) is 0.692. The molecular formula is C26H44N4O3. The molecule has 186 valence electrons. The van der Waals surface area contributed by atoms with Crippen molar-refractivity contribution in [3.05, 3.63) is 29.1 Å². The molecule has 1 aliphatic rings. The maximum atomic E-state index is 10.8. The zero-order valence-electron chi connectivity index (χ0n) is 22.0. The first-order chi connectivity index (χ1) is 15.7. The van der Waals surface area contributed by atoms with Crippen LogP contribution in [0.4, 0.5) is 5.69 Å². The molecule has 0 N–H and O–H groups in total. The number of rotatable bonds is 12. The van der Waals surface area contributed by atoms with Crippen molar-refractivity contribution in [3.8, 4) is 0 Å². The maximum Gasteiger partial charge on any atom is 0.293 e. The van der Waals surface area contributed by atoms with Crippen molar-refractivity contribution in [1.29, 1.82) is 0 Å². The molecule has 1 saturated heterocycles. The van der Waals surface area contributed by atoms with Crippen LogP contribution < -0.4 is 4.90 Å². The normalized spacial score (nSPS) is 16.9. The molecular weight excluding hydrogens is 416 g/mol. The second-order valence-corrected chi connectivity index (χ2v) is 9.86. The molecule has 7 nitrogen and oxygen atoms in total. The third-order valence-electron chi connectivity index (χ3n) is 6.62. The van der Waals surface area contributed by atoms with Crippen molar-refractivity contribution in [2.75, 3.05) is 65.4 Å². The van der Waals surface area contributed by atoms with Gasteiger partial charge in [-0.1, -0.05) is 20.8 Å². The molecule has 2 rings (SSSR count). The van der Waals surface area contributed by atoms with E-state index in [4.69, 9.17) is 14.5 Å². The number of allylic oxidation sites excluding steroid dienone is 1. The first-order valence-corrected chi connectivity index (χ1v) is 12.1. The number of hydrogen-bond acceptors (Lipinski definition) is 7. The molecule has 0 unspecified atom stereocenters. The molecule has 0 bridgehead atoms. The number of piperazine rings is 1. The average Bonchev–Trinajstić information content (AvgIpc) is 2.81. The Balaban J connectivity index is 2.63. The molecule has 1 aromatic rings. The van der Waals surface area contributed by atoms with Gasteiger partial charge in [-0.15, -0.1) is 0 Å². The standard InChI is InChI=1S/C26H44N4O3/c1-9-21(16-26(4,5)18-33-19-31)25(29(7)10-2)23-15-22(17-27-24(23)20(3)32-8)30-13-11-28(6)12-14-30/h15,17,19-20H,9-14,16,18H2,1-8H3/b25-21+/t20-/m0/s1. The number of anilines is 1. The maximum absolute atomic E-state index is 10.8. The highest BCUT2D eigenvalue weighted by Gasteiger charge is 2.27. The number of carbonyl (C=O) groups is 1. The predicted molar refractivity (Wildman–Crippen MR) is 135 cm³/mol. The van der Waals surface area contributed by atoms with Crippen LogP contribution in [0.5, 0.6) is 0 Å². The van der Waals surface area contributed by atoms with E-state index in [1.807, 2.05) is 6.20 Å². The summed E-state index contributed by atoms with van der Waals surface area (Å²) in [5.74, 6) is 0. The summed E-state index contributed by atoms with van der Waals surface area (Å²) >= 11 is 0. The van der Waals surface area contributed by atoms with Crippen molar-refractivity contribution in [3.63, 3.8) is 0 Å². The van der Waals surface area contributed by atoms with Gasteiger partial charge in [0.25, 0.3) is 6.47 Å². The van der Waals surface area contributed by atoms with Gasteiger partial charge >= 0.3 is 0 Å². The Bertz CT molecular complexity index is 801. The summed E-state index contributed by atoms with van der Waals surface area (Å²) in [4.78, 5) is 22.8. The van der Waals surface area contributed by atoms with Crippen LogP contribution in [-0.4, -0.2) is 81.8 Å². The minimum absolute atomic E-state index is 0.119. The number of ether oxygens (including phenoxy) is 2. The van der Waals surface area contributed by atoms with Gasteiger partial charge in [-0.2, -0.15) is 0 Å². The number of pyridine rings is 1. The third-order valence-corrected chi connectivity index (χ3v) is 6.62. The van der Waals surface area contributed by atoms with Crippen molar-refractivity contribution in [2.24, 2.45) is 5.41 Å². The molecule has 1 fully saturated rings. The summed E-state index contributed by atoms with van der Waals surface area (Å²) in [6.07, 6.45) is 3.61. The third kappa shape index (κ3) is 7.18. The molecule has 0 spiro atoms. The molecule has 2 heterocycles. The fourth-order valence-electron chi connectivity index (χ4n) is 4.42. The number of aromatic nitrogens is 1. The lowest BCUT2D eigenvalue weighted by Crippen LogP contribution is -2.44. The summed E-state index contributed by atoms with van der Waals surface area (Å²) in [5.41, 5.74) is 5.63. The average molecular weight is 461 g/mol. The Hall–Kier alpha value is -2.12. The summed E-state index contributed by atoms with van der Waals surface area (Å²) in [6, 6.07) is 2.30. The molecule has 0 radical (unpaired) electrons. The van der Waals surface area contributed by atoms with Gasteiger partial charge in [0.15, 0.2) is 0 Å². The van der Waals surface area contributed by atoms with Gasteiger partial charge in [0.05, 0.1) is 30.3 Å². The largest absolute Gasteiger partial charge is 0.467 e. The van der Waals surface area contributed by atoms with Crippen molar-refractivity contribution in [1.82, 2.24) is 14.8 Å². The fourth-order valence-corrected chi connectivity index (χ4v) is 4.42. The quantitative estimate of drug-likeness (QED) is 0.433. The first-order valence-electron chi connectivity index (χ1n) is 12.1. The zero-order chi connectivity index (χ0) is 24.6. The predicted octanol–water partition coefficient (Wildman–Crippen LogP) is 4.20. The SMILES string of the molecule is CC/C(CC(C)(C)COC=O)=C(/c1cc(N2CCN(C)CC2)cnc1[C@H](C)OC)N(C)CC. The Morgan fingerprint density at radius 1 is 1.27 bits per heavy atom. The van der Waals surface area contributed by atoms with E-state index in [2.05, 4.69) is 69.5 Å². The molecule has 0 amide bonds. The van der Waals surface area contributed by atoms with Crippen molar-refractivity contribution >= 4 is 17.9 Å². The molecule has 1 aromatic heterocycles. The van der Waals surface area contributed by atoms with Gasteiger partial charge in [-0.25, -0.2) is 0 Å². The molecule has 1 aliphatic heterocycles. The van der Waals surface area contributed by atoms with E-state index < -0.39 is 0 Å². The van der Waals surface area contributed by atoms with Gasteiger partial charge < -0.3 is 24.2 Å². The lowest BCUT2D eigenvalue weighted by Gasteiger charge is -2.35. The Labute approximate surface area is 200 Å². The smallest absolute Gasteiger partial charge is 0.293 e. The summed E-state index contributed by atoms with van der Waals surface area (Å²) in [6.45, 7) is 16.6.